The van der Waals surface area contributed by atoms with Crippen LogP contribution >= 0.6 is 27.3 Å². The van der Waals surface area contributed by atoms with E-state index in [-0.39, 0.29) is 0 Å². The van der Waals surface area contributed by atoms with Crippen molar-refractivity contribution in [2.24, 2.45) is 0 Å². The fraction of sp³-hybridized carbons (Fsp3) is 0.727. The summed E-state index contributed by atoms with van der Waals surface area (Å²) in [5.74, 6) is 0. The Hall–Kier alpha value is 0.0700. The molecule has 4 heteroatoms. The molecule has 0 fully saturated rings. The fourth-order valence-corrected chi connectivity index (χ4v) is 2.48. The molecule has 0 unspecified atom stereocenters. The number of aryl methyl sites for hydroxylation is 1. The Morgan fingerprint density at radius 2 is 2.27 bits per heavy atom. The van der Waals surface area contributed by atoms with E-state index in [2.05, 4.69) is 52.0 Å². The van der Waals surface area contributed by atoms with Gasteiger partial charge in [-0.1, -0.05) is 15.9 Å². The molecule has 1 aromatic heterocycles. The van der Waals surface area contributed by atoms with Gasteiger partial charge in [0.05, 0.1) is 6.54 Å². The lowest BCUT2D eigenvalue weighted by Crippen LogP contribution is -2.31. The van der Waals surface area contributed by atoms with Crippen LogP contribution in [0, 0.1) is 6.92 Å². The minimum Gasteiger partial charge on any atom is -0.294 e. The molecule has 15 heavy (non-hydrogen) atoms. The van der Waals surface area contributed by atoms with E-state index in [1.54, 1.807) is 11.3 Å². The van der Waals surface area contributed by atoms with Gasteiger partial charge in [0.15, 0.2) is 0 Å². The molecule has 0 atom stereocenters. The van der Waals surface area contributed by atoms with Crippen LogP contribution in [0.5, 0.6) is 0 Å². The van der Waals surface area contributed by atoms with E-state index in [1.807, 2.05) is 0 Å². The number of hydrogen-bond acceptors (Lipinski definition) is 3. The standard InChI is InChI=1S/C11H19BrN2S/c1-9(2)14(6-4-5-12)7-11-13-10(3)8-15-11/h8-9H,4-7H2,1-3H3. The van der Waals surface area contributed by atoms with Crippen molar-refractivity contribution in [3.8, 4) is 0 Å². The zero-order valence-corrected chi connectivity index (χ0v) is 12.1. The molecule has 0 aliphatic carbocycles. The third-order valence-corrected chi connectivity index (χ3v) is 3.83. The van der Waals surface area contributed by atoms with Crippen molar-refractivity contribution < 1.29 is 0 Å². The topological polar surface area (TPSA) is 16.1 Å². The van der Waals surface area contributed by atoms with Gasteiger partial charge < -0.3 is 0 Å². The van der Waals surface area contributed by atoms with E-state index in [9.17, 15) is 0 Å². The molecule has 0 bridgehead atoms. The SMILES string of the molecule is Cc1csc(CN(CCCBr)C(C)C)n1. The molecule has 0 N–H and O–H groups in total. The van der Waals surface area contributed by atoms with E-state index in [0.29, 0.717) is 6.04 Å². The first-order valence-corrected chi connectivity index (χ1v) is 7.34. The van der Waals surface area contributed by atoms with Gasteiger partial charge in [0.25, 0.3) is 0 Å². The normalized spacial score (nSPS) is 11.6. The van der Waals surface area contributed by atoms with Crippen molar-refractivity contribution in [2.75, 3.05) is 11.9 Å². The molecule has 0 saturated heterocycles. The number of rotatable bonds is 6. The summed E-state index contributed by atoms with van der Waals surface area (Å²) in [6, 6.07) is 0.591. The third kappa shape index (κ3) is 4.62. The van der Waals surface area contributed by atoms with Crippen molar-refractivity contribution in [3.63, 3.8) is 0 Å². The van der Waals surface area contributed by atoms with E-state index in [0.717, 1.165) is 24.1 Å². The van der Waals surface area contributed by atoms with Gasteiger partial charge in [-0.25, -0.2) is 4.98 Å². The number of halogens is 1. The van der Waals surface area contributed by atoms with Crippen molar-refractivity contribution in [1.29, 1.82) is 0 Å². The van der Waals surface area contributed by atoms with Gasteiger partial charge >= 0.3 is 0 Å². The summed E-state index contributed by atoms with van der Waals surface area (Å²) < 4.78 is 0. The third-order valence-electron chi connectivity index (χ3n) is 2.31. The first kappa shape index (κ1) is 13.1. The zero-order valence-electron chi connectivity index (χ0n) is 9.66. The number of alkyl halides is 1. The Balaban J connectivity index is 2.50. The largest absolute Gasteiger partial charge is 0.294 e. The molecule has 2 nitrogen and oxygen atoms in total. The number of nitrogens with zero attached hydrogens (tertiary/aromatic N) is 2. The van der Waals surface area contributed by atoms with Gasteiger partial charge in [0.1, 0.15) is 5.01 Å². The minimum absolute atomic E-state index is 0.591. The quantitative estimate of drug-likeness (QED) is 0.746. The van der Waals surface area contributed by atoms with Crippen LogP contribution in [0.2, 0.25) is 0 Å². The van der Waals surface area contributed by atoms with E-state index in [4.69, 9.17) is 0 Å². The Bertz CT molecular complexity index is 286. The van der Waals surface area contributed by atoms with Crippen molar-refractivity contribution in [3.05, 3.63) is 16.1 Å². The van der Waals surface area contributed by atoms with Crippen molar-refractivity contribution in [2.45, 2.75) is 39.8 Å². The number of aromatic nitrogens is 1. The average molecular weight is 291 g/mol. The summed E-state index contributed by atoms with van der Waals surface area (Å²) >= 11 is 5.24. The maximum atomic E-state index is 4.51. The summed E-state index contributed by atoms with van der Waals surface area (Å²) in [7, 11) is 0. The first-order valence-electron chi connectivity index (χ1n) is 5.34. The van der Waals surface area contributed by atoms with Crippen LogP contribution in [0.4, 0.5) is 0 Å². The van der Waals surface area contributed by atoms with Gasteiger partial charge in [-0.2, -0.15) is 0 Å². The maximum Gasteiger partial charge on any atom is 0.107 e. The van der Waals surface area contributed by atoms with Crippen LogP contribution in [0.25, 0.3) is 0 Å². The minimum atomic E-state index is 0.591. The van der Waals surface area contributed by atoms with Crippen molar-refractivity contribution >= 4 is 27.3 Å². The second-order valence-electron chi connectivity index (χ2n) is 3.99. The van der Waals surface area contributed by atoms with Gasteiger partial charge in [0, 0.05) is 22.4 Å². The lowest BCUT2D eigenvalue weighted by atomic mass is 10.3. The molecular formula is C11H19BrN2S. The van der Waals surface area contributed by atoms with Crippen LogP contribution in [0.3, 0.4) is 0 Å². The molecule has 0 aliphatic heterocycles. The lowest BCUT2D eigenvalue weighted by Gasteiger charge is -2.24. The highest BCUT2D eigenvalue weighted by Gasteiger charge is 2.11. The summed E-state index contributed by atoms with van der Waals surface area (Å²) in [6.07, 6.45) is 1.20. The summed E-state index contributed by atoms with van der Waals surface area (Å²) in [6.45, 7) is 8.67. The second-order valence-corrected chi connectivity index (χ2v) is 5.73. The van der Waals surface area contributed by atoms with Crippen LogP contribution in [0.15, 0.2) is 5.38 Å². The smallest absolute Gasteiger partial charge is 0.107 e. The molecule has 0 radical (unpaired) electrons. The summed E-state index contributed by atoms with van der Waals surface area (Å²) in [4.78, 5) is 6.98. The first-order chi connectivity index (χ1) is 7.13. The lowest BCUT2D eigenvalue weighted by molar-refractivity contribution is 0.214. The molecule has 0 saturated carbocycles. The molecule has 0 aromatic carbocycles. The van der Waals surface area contributed by atoms with E-state index in [1.165, 1.54) is 11.4 Å². The Morgan fingerprint density at radius 1 is 1.53 bits per heavy atom. The van der Waals surface area contributed by atoms with E-state index < -0.39 is 0 Å². The highest BCUT2D eigenvalue weighted by molar-refractivity contribution is 9.09. The van der Waals surface area contributed by atoms with Gasteiger partial charge in [0.2, 0.25) is 0 Å². The predicted molar refractivity (Wildman–Crippen MR) is 70.8 cm³/mol. The van der Waals surface area contributed by atoms with Gasteiger partial charge in [-0.15, -0.1) is 11.3 Å². The Morgan fingerprint density at radius 3 is 2.73 bits per heavy atom. The number of hydrogen-bond donors (Lipinski definition) is 0. The molecule has 1 rings (SSSR count). The van der Waals surface area contributed by atoms with Crippen molar-refractivity contribution in [1.82, 2.24) is 9.88 Å². The molecule has 0 spiro atoms. The molecule has 1 heterocycles. The highest BCUT2D eigenvalue weighted by Crippen LogP contribution is 2.13. The number of thiazole rings is 1. The molecular weight excluding hydrogens is 272 g/mol. The summed E-state index contributed by atoms with van der Waals surface area (Å²) in [5.41, 5.74) is 1.14. The highest BCUT2D eigenvalue weighted by atomic mass is 79.9. The Labute approximate surface area is 105 Å². The molecule has 86 valence electrons. The van der Waals surface area contributed by atoms with E-state index >= 15 is 0 Å². The average Bonchev–Trinajstić information content (AvgIpc) is 2.58. The summed E-state index contributed by atoms with van der Waals surface area (Å²) in [5, 5.41) is 4.43. The molecule has 0 aliphatic rings. The van der Waals surface area contributed by atoms with Crippen LogP contribution in [0.1, 0.15) is 31.0 Å². The predicted octanol–water partition coefficient (Wildman–Crippen LogP) is 3.45. The fourth-order valence-electron chi connectivity index (χ4n) is 1.43. The zero-order chi connectivity index (χ0) is 11.3. The van der Waals surface area contributed by atoms with Crippen LogP contribution < -0.4 is 0 Å². The second kappa shape index (κ2) is 6.61. The van der Waals surface area contributed by atoms with Crippen LogP contribution in [-0.2, 0) is 6.54 Å². The molecule has 0 amide bonds. The van der Waals surface area contributed by atoms with Gasteiger partial charge in [-0.3, -0.25) is 4.90 Å². The van der Waals surface area contributed by atoms with Crippen LogP contribution in [-0.4, -0.2) is 27.8 Å². The monoisotopic (exact) mass is 290 g/mol. The maximum absolute atomic E-state index is 4.51. The van der Waals surface area contributed by atoms with Gasteiger partial charge in [-0.05, 0) is 33.7 Å². The Kier molecular flexibility index (Phi) is 5.79. The molecule has 1 aromatic rings.